The molecule has 1 aromatic rings. The van der Waals surface area contributed by atoms with Crippen LogP contribution < -0.4 is 5.73 Å². The van der Waals surface area contributed by atoms with Gasteiger partial charge in [0, 0.05) is 12.1 Å². The normalized spacial score (nSPS) is 10.8. The maximum Gasteiger partial charge on any atom is 0.265 e. The van der Waals surface area contributed by atoms with Crippen LogP contribution in [-0.4, -0.2) is 0 Å². The van der Waals surface area contributed by atoms with E-state index in [1.54, 1.807) is 6.07 Å². The highest BCUT2D eigenvalue weighted by Crippen LogP contribution is 2.29. The average Bonchev–Trinajstić information content (AvgIpc) is 2.04. The molecule has 0 saturated carbocycles. The SMILES string of the molecule is NCc1cccc(C(F)F)c1Cl. The lowest BCUT2D eigenvalue weighted by Crippen LogP contribution is -1.99. The van der Waals surface area contributed by atoms with Crippen molar-refractivity contribution in [2.75, 3.05) is 0 Å². The van der Waals surface area contributed by atoms with Gasteiger partial charge in [0.2, 0.25) is 0 Å². The van der Waals surface area contributed by atoms with E-state index in [4.69, 9.17) is 17.3 Å². The third-order valence-electron chi connectivity index (χ3n) is 1.56. The molecule has 12 heavy (non-hydrogen) atoms. The Balaban J connectivity index is 3.14. The Labute approximate surface area is 74.1 Å². The molecular weight excluding hydrogens is 184 g/mol. The molecule has 0 aliphatic heterocycles. The smallest absolute Gasteiger partial charge is 0.265 e. The molecule has 0 unspecified atom stereocenters. The monoisotopic (exact) mass is 191 g/mol. The van der Waals surface area contributed by atoms with Gasteiger partial charge in [-0.2, -0.15) is 0 Å². The van der Waals surface area contributed by atoms with Crippen LogP contribution in [0.25, 0.3) is 0 Å². The first-order chi connectivity index (χ1) is 5.66. The number of alkyl halides is 2. The maximum atomic E-state index is 12.2. The molecule has 0 heterocycles. The second-order valence-corrected chi connectivity index (χ2v) is 2.70. The summed E-state index contributed by atoms with van der Waals surface area (Å²) in [6.45, 7) is 0.180. The molecule has 1 nitrogen and oxygen atoms in total. The van der Waals surface area contributed by atoms with Gasteiger partial charge >= 0.3 is 0 Å². The van der Waals surface area contributed by atoms with Gasteiger partial charge in [-0.05, 0) is 5.56 Å². The van der Waals surface area contributed by atoms with Crippen molar-refractivity contribution in [3.05, 3.63) is 34.3 Å². The fourth-order valence-electron chi connectivity index (χ4n) is 0.926. The standard InChI is InChI=1S/C8H8ClF2N/c9-7-5(4-12)2-1-3-6(7)8(10)11/h1-3,8H,4,12H2. The summed E-state index contributed by atoms with van der Waals surface area (Å²) < 4.78 is 24.4. The summed E-state index contributed by atoms with van der Waals surface area (Å²) in [7, 11) is 0. The molecule has 2 N–H and O–H groups in total. The fraction of sp³-hybridized carbons (Fsp3) is 0.250. The molecule has 4 heteroatoms. The Morgan fingerprint density at radius 1 is 1.42 bits per heavy atom. The van der Waals surface area contributed by atoms with Crippen molar-refractivity contribution in [3.63, 3.8) is 0 Å². The van der Waals surface area contributed by atoms with E-state index in [0.29, 0.717) is 5.56 Å². The van der Waals surface area contributed by atoms with E-state index in [-0.39, 0.29) is 17.1 Å². The summed E-state index contributed by atoms with van der Waals surface area (Å²) in [5.74, 6) is 0. The van der Waals surface area contributed by atoms with E-state index >= 15 is 0 Å². The number of benzene rings is 1. The van der Waals surface area contributed by atoms with Crippen LogP contribution in [0, 0.1) is 0 Å². The highest BCUT2D eigenvalue weighted by atomic mass is 35.5. The zero-order valence-electron chi connectivity index (χ0n) is 6.23. The van der Waals surface area contributed by atoms with Gasteiger partial charge in [-0.1, -0.05) is 29.8 Å². The molecule has 66 valence electrons. The molecule has 1 rings (SSSR count). The molecule has 1 aromatic carbocycles. The summed E-state index contributed by atoms with van der Waals surface area (Å²) in [5.41, 5.74) is 5.69. The summed E-state index contributed by atoms with van der Waals surface area (Å²) in [6.07, 6.45) is -2.54. The molecule has 0 aliphatic rings. The first kappa shape index (κ1) is 9.42. The topological polar surface area (TPSA) is 26.0 Å². The van der Waals surface area contributed by atoms with Gasteiger partial charge in [0.1, 0.15) is 0 Å². The Morgan fingerprint density at radius 3 is 2.58 bits per heavy atom. The van der Waals surface area contributed by atoms with Gasteiger partial charge < -0.3 is 5.73 Å². The summed E-state index contributed by atoms with van der Waals surface area (Å²) in [6, 6.07) is 4.45. The van der Waals surface area contributed by atoms with Crippen molar-refractivity contribution in [1.82, 2.24) is 0 Å². The Hall–Kier alpha value is -0.670. The lowest BCUT2D eigenvalue weighted by molar-refractivity contribution is 0.151. The molecule has 0 fully saturated rings. The highest BCUT2D eigenvalue weighted by Gasteiger charge is 2.13. The third kappa shape index (κ3) is 1.73. The van der Waals surface area contributed by atoms with Crippen LogP contribution in [0.3, 0.4) is 0 Å². The molecule has 0 radical (unpaired) electrons. The first-order valence-corrected chi connectivity index (χ1v) is 3.80. The van der Waals surface area contributed by atoms with Crippen LogP contribution in [0.1, 0.15) is 17.6 Å². The van der Waals surface area contributed by atoms with Crippen LogP contribution in [0.4, 0.5) is 8.78 Å². The lowest BCUT2D eigenvalue weighted by atomic mass is 10.1. The predicted molar refractivity (Wildman–Crippen MR) is 44.3 cm³/mol. The average molecular weight is 192 g/mol. The number of hydrogen-bond donors (Lipinski definition) is 1. The van der Waals surface area contributed by atoms with Crippen LogP contribution in [0.2, 0.25) is 5.02 Å². The van der Waals surface area contributed by atoms with Gasteiger partial charge in [-0.25, -0.2) is 8.78 Å². The highest BCUT2D eigenvalue weighted by molar-refractivity contribution is 6.32. The van der Waals surface area contributed by atoms with E-state index in [1.165, 1.54) is 12.1 Å². The van der Waals surface area contributed by atoms with Gasteiger partial charge in [0.25, 0.3) is 6.43 Å². The second-order valence-electron chi connectivity index (χ2n) is 2.33. The zero-order valence-corrected chi connectivity index (χ0v) is 6.98. The molecular formula is C8H8ClF2N. The van der Waals surface area contributed by atoms with Crippen LogP contribution >= 0.6 is 11.6 Å². The summed E-state index contributed by atoms with van der Waals surface area (Å²) in [5, 5.41) is 0.0787. The zero-order chi connectivity index (χ0) is 9.14. The van der Waals surface area contributed by atoms with Crippen molar-refractivity contribution < 1.29 is 8.78 Å². The number of rotatable bonds is 2. The Bertz CT molecular complexity index is 276. The minimum Gasteiger partial charge on any atom is -0.326 e. The van der Waals surface area contributed by atoms with Crippen LogP contribution in [-0.2, 0) is 6.54 Å². The molecule has 0 aromatic heterocycles. The van der Waals surface area contributed by atoms with Gasteiger partial charge in [0.15, 0.2) is 0 Å². The number of halogens is 3. The van der Waals surface area contributed by atoms with Crippen molar-refractivity contribution in [2.24, 2.45) is 5.73 Å². The first-order valence-electron chi connectivity index (χ1n) is 3.42. The summed E-state index contributed by atoms with van der Waals surface area (Å²) >= 11 is 5.64. The van der Waals surface area contributed by atoms with E-state index < -0.39 is 6.43 Å². The van der Waals surface area contributed by atoms with Crippen LogP contribution in [0.15, 0.2) is 18.2 Å². The fourth-order valence-corrected chi connectivity index (χ4v) is 1.21. The quantitative estimate of drug-likeness (QED) is 0.764. The van der Waals surface area contributed by atoms with Gasteiger partial charge in [0.05, 0.1) is 5.02 Å². The molecule has 0 amide bonds. The number of nitrogens with two attached hydrogens (primary N) is 1. The van der Waals surface area contributed by atoms with Crippen molar-refractivity contribution in [1.29, 1.82) is 0 Å². The Kier molecular flexibility index (Phi) is 3.00. The second kappa shape index (κ2) is 3.83. The Morgan fingerprint density at radius 2 is 2.08 bits per heavy atom. The summed E-state index contributed by atoms with van der Waals surface area (Å²) in [4.78, 5) is 0. The van der Waals surface area contributed by atoms with Gasteiger partial charge in [-0.15, -0.1) is 0 Å². The van der Waals surface area contributed by atoms with Crippen molar-refractivity contribution in [2.45, 2.75) is 13.0 Å². The van der Waals surface area contributed by atoms with Crippen molar-refractivity contribution in [3.8, 4) is 0 Å². The molecule has 0 spiro atoms. The van der Waals surface area contributed by atoms with Crippen molar-refractivity contribution >= 4 is 11.6 Å². The van der Waals surface area contributed by atoms with E-state index in [9.17, 15) is 8.78 Å². The van der Waals surface area contributed by atoms with E-state index in [1.807, 2.05) is 0 Å². The molecule has 0 saturated heterocycles. The third-order valence-corrected chi connectivity index (χ3v) is 2.02. The number of hydrogen-bond acceptors (Lipinski definition) is 1. The van der Waals surface area contributed by atoms with Gasteiger partial charge in [-0.3, -0.25) is 0 Å². The minimum absolute atomic E-state index is 0.0787. The minimum atomic E-state index is -2.54. The van der Waals surface area contributed by atoms with E-state index in [0.717, 1.165) is 0 Å². The van der Waals surface area contributed by atoms with Crippen LogP contribution in [0.5, 0.6) is 0 Å². The lowest BCUT2D eigenvalue weighted by Gasteiger charge is -2.06. The molecule has 0 aliphatic carbocycles. The molecule has 0 atom stereocenters. The van der Waals surface area contributed by atoms with E-state index in [2.05, 4.69) is 0 Å². The molecule has 0 bridgehead atoms. The predicted octanol–water partition coefficient (Wildman–Crippen LogP) is 2.74. The maximum absolute atomic E-state index is 12.2. The largest absolute Gasteiger partial charge is 0.326 e.